The van der Waals surface area contributed by atoms with Crippen molar-refractivity contribution in [1.29, 1.82) is 0 Å². The van der Waals surface area contributed by atoms with Crippen LogP contribution in [0.3, 0.4) is 0 Å². The van der Waals surface area contributed by atoms with Crippen molar-refractivity contribution >= 4 is 17.0 Å². The Morgan fingerprint density at radius 2 is 2.20 bits per heavy atom. The van der Waals surface area contributed by atoms with E-state index in [1.54, 1.807) is 4.52 Å². The van der Waals surface area contributed by atoms with E-state index in [2.05, 4.69) is 15.0 Å². The van der Waals surface area contributed by atoms with Gasteiger partial charge in [0, 0.05) is 6.20 Å². The Hall–Kier alpha value is -2.21. The molecule has 0 unspecified atom stereocenters. The van der Waals surface area contributed by atoms with Crippen LogP contribution in [-0.2, 0) is 13.6 Å². The van der Waals surface area contributed by atoms with Gasteiger partial charge in [-0.25, -0.2) is 13.6 Å². The van der Waals surface area contributed by atoms with E-state index >= 15 is 0 Å². The summed E-state index contributed by atoms with van der Waals surface area (Å²) in [6, 6.07) is 5.85. The highest BCUT2D eigenvalue weighted by molar-refractivity contribution is 5.80. The molecule has 3 aromatic heterocycles. The van der Waals surface area contributed by atoms with Crippen LogP contribution in [0.4, 0.5) is 11.5 Å². The van der Waals surface area contributed by atoms with Crippen LogP contribution in [-0.4, -0.2) is 20.7 Å². The third kappa shape index (κ3) is 2.70. The van der Waals surface area contributed by atoms with Crippen molar-refractivity contribution in [2.75, 3.05) is 17.6 Å². The van der Waals surface area contributed by atoms with Gasteiger partial charge in [-0.1, -0.05) is 6.07 Å². The fraction of sp³-hybridized carbons (Fsp3) is 0.231. The lowest BCUT2D eigenvalue weighted by atomic mass is 10.3. The van der Waals surface area contributed by atoms with Gasteiger partial charge in [0.15, 0.2) is 5.82 Å². The molecule has 0 fully saturated rings. The van der Waals surface area contributed by atoms with E-state index in [1.165, 1.54) is 0 Å². The van der Waals surface area contributed by atoms with Crippen LogP contribution in [0.15, 0.2) is 43.1 Å². The second kappa shape index (κ2) is 5.83. The summed E-state index contributed by atoms with van der Waals surface area (Å²) < 4.78 is 5.91. The first-order valence-electron chi connectivity index (χ1n) is 6.22. The maximum atomic E-state index is 6.07. The molecule has 0 saturated carbocycles. The standard InChI is InChI=1S/C13H17N6.ClH/c1-17-8-9-18(10-17)7-5-15-13-12(14)11-4-2-3-6-19(11)16-13;/h2-4,6,8-10H,5,7,14H2,1H3,(H,15,16);1H/q+1;/p-1. The summed E-state index contributed by atoms with van der Waals surface area (Å²) in [5, 5.41) is 7.69. The average molecular weight is 293 g/mol. The van der Waals surface area contributed by atoms with Gasteiger partial charge in [0.25, 0.3) is 0 Å². The predicted molar refractivity (Wildman–Crippen MR) is 73.7 cm³/mol. The quantitative estimate of drug-likeness (QED) is 0.530. The number of nitrogens with two attached hydrogens (primary N) is 1. The van der Waals surface area contributed by atoms with Crippen molar-refractivity contribution in [3.63, 3.8) is 0 Å². The van der Waals surface area contributed by atoms with Crippen LogP contribution in [0.25, 0.3) is 5.52 Å². The number of nitrogens with zero attached hydrogens (tertiary/aromatic N) is 4. The number of hydrogen-bond donors (Lipinski definition) is 2. The van der Waals surface area contributed by atoms with E-state index in [9.17, 15) is 0 Å². The Balaban J connectivity index is 0.00000147. The van der Waals surface area contributed by atoms with Crippen LogP contribution in [0.2, 0.25) is 0 Å². The predicted octanol–water partition coefficient (Wildman–Crippen LogP) is -2.34. The number of halogens is 1. The molecule has 0 spiro atoms. The lowest BCUT2D eigenvalue weighted by molar-refractivity contribution is -0.671. The molecule has 3 aromatic rings. The molecule has 3 N–H and O–H groups in total. The zero-order valence-corrected chi connectivity index (χ0v) is 12.0. The summed E-state index contributed by atoms with van der Waals surface area (Å²) in [6.07, 6.45) is 7.98. The van der Waals surface area contributed by atoms with Crippen LogP contribution < -0.4 is 28.0 Å². The normalized spacial score (nSPS) is 10.4. The summed E-state index contributed by atoms with van der Waals surface area (Å²) in [5.41, 5.74) is 7.69. The number of aromatic nitrogens is 4. The van der Waals surface area contributed by atoms with E-state index in [-0.39, 0.29) is 12.4 Å². The van der Waals surface area contributed by atoms with E-state index in [4.69, 9.17) is 5.73 Å². The minimum absolute atomic E-state index is 0. The number of fused-ring (bicyclic) bond motifs is 1. The molecule has 0 bridgehead atoms. The highest BCUT2D eigenvalue weighted by Crippen LogP contribution is 2.22. The molecule has 0 aliphatic rings. The molecule has 6 nitrogen and oxygen atoms in total. The summed E-state index contributed by atoms with van der Waals surface area (Å²) >= 11 is 0. The SMILES string of the molecule is C[n+]1ccn(CCNc2nn3ccccc3c2N)c1.[Cl-]. The van der Waals surface area contributed by atoms with Crippen LogP contribution in [0, 0.1) is 0 Å². The molecular formula is C13H17ClN6. The zero-order valence-electron chi connectivity index (χ0n) is 11.2. The lowest BCUT2D eigenvalue weighted by Gasteiger charge is -2.01. The first-order valence-corrected chi connectivity index (χ1v) is 6.22. The van der Waals surface area contributed by atoms with Crippen molar-refractivity contribution in [2.45, 2.75) is 6.54 Å². The first kappa shape index (κ1) is 14.2. The number of hydrogen-bond acceptors (Lipinski definition) is 3. The van der Waals surface area contributed by atoms with E-state index in [0.717, 1.165) is 24.4 Å². The van der Waals surface area contributed by atoms with Gasteiger partial charge in [-0.3, -0.25) is 0 Å². The Bertz CT molecular complexity index is 702. The van der Waals surface area contributed by atoms with Gasteiger partial charge in [0.2, 0.25) is 6.33 Å². The van der Waals surface area contributed by atoms with E-state index < -0.39 is 0 Å². The third-order valence-electron chi connectivity index (χ3n) is 3.06. The van der Waals surface area contributed by atoms with Crippen molar-refractivity contribution in [3.05, 3.63) is 43.1 Å². The molecule has 3 heterocycles. The summed E-state index contributed by atoms with van der Waals surface area (Å²) in [4.78, 5) is 0. The average Bonchev–Trinajstić information content (AvgIpc) is 2.96. The highest BCUT2D eigenvalue weighted by Gasteiger charge is 2.08. The van der Waals surface area contributed by atoms with Gasteiger partial charge in [-0.05, 0) is 12.1 Å². The number of anilines is 2. The van der Waals surface area contributed by atoms with Gasteiger partial charge in [0.05, 0.1) is 19.1 Å². The number of nitrogens with one attached hydrogen (secondary N) is 1. The van der Waals surface area contributed by atoms with Gasteiger partial charge >= 0.3 is 0 Å². The van der Waals surface area contributed by atoms with Crippen LogP contribution >= 0.6 is 0 Å². The molecule has 0 saturated heterocycles. The summed E-state index contributed by atoms with van der Waals surface area (Å²) in [7, 11) is 2.00. The minimum atomic E-state index is 0. The van der Waals surface area contributed by atoms with Gasteiger partial charge in [-0.15, -0.1) is 5.10 Å². The van der Waals surface area contributed by atoms with Crippen molar-refractivity contribution in [2.24, 2.45) is 7.05 Å². The second-order valence-corrected chi connectivity index (χ2v) is 4.54. The monoisotopic (exact) mass is 292 g/mol. The van der Waals surface area contributed by atoms with Crippen LogP contribution in [0.1, 0.15) is 0 Å². The number of rotatable bonds is 4. The minimum Gasteiger partial charge on any atom is -1.00 e. The molecule has 0 atom stereocenters. The van der Waals surface area contributed by atoms with Crippen molar-refractivity contribution in [1.82, 2.24) is 14.2 Å². The smallest absolute Gasteiger partial charge is 0.243 e. The summed E-state index contributed by atoms with van der Waals surface area (Å²) in [5.74, 6) is 0.739. The molecule has 20 heavy (non-hydrogen) atoms. The van der Waals surface area contributed by atoms with Gasteiger partial charge in [-0.2, -0.15) is 0 Å². The molecule has 0 amide bonds. The number of aryl methyl sites for hydroxylation is 1. The number of pyridine rings is 1. The fourth-order valence-electron chi connectivity index (χ4n) is 2.09. The van der Waals surface area contributed by atoms with Gasteiger partial charge < -0.3 is 23.5 Å². The molecule has 7 heteroatoms. The van der Waals surface area contributed by atoms with Crippen molar-refractivity contribution < 1.29 is 17.0 Å². The largest absolute Gasteiger partial charge is 1.00 e. The maximum Gasteiger partial charge on any atom is 0.243 e. The van der Waals surface area contributed by atoms with Gasteiger partial charge in [0.1, 0.15) is 24.6 Å². The molecule has 0 radical (unpaired) electrons. The topological polar surface area (TPSA) is 64.2 Å². The lowest BCUT2D eigenvalue weighted by Crippen LogP contribution is -3.00. The highest BCUT2D eigenvalue weighted by atomic mass is 35.5. The molecule has 0 aliphatic carbocycles. The molecule has 106 valence electrons. The Labute approximate surface area is 123 Å². The van der Waals surface area contributed by atoms with Crippen molar-refractivity contribution in [3.8, 4) is 0 Å². The Morgan fingerprint density at radius 3 is 2.90 bits per heavy atom. The van der Waals surface area contributed by atoms with E-state index in [1.807, 2.05) is 54.7 Å². The zero-order chi connectivity index (χ0) is 13.2. The third-order valence-corrected chi connectivity index (χ3v) is 3.06. The number of imidazole rings is 1. The van der Waals surface area contributed by atoms with E-state index in [0.29, 0.717) is 5.69 Å². The number of nitrogen functional groups attached to an aromatic ring is 1. The molecule has 3 rings (SSSR count). The fourth-order valence-corrected chi connectivity index (χ4v) is 2.09. The molecular weight excluding hydrogens is 276 g/mol. The summed E-state index contributed by atoms with van der Waals surface area (Å²) in [6.45, 7) is 1.65. The molecule has 0 aliphatic heterocycles. The molecule has 0 aromatic carbocycles. The Morgan fingerprint density at radius 1 is 1.35 bits per heavy atom. The second-order valence-electron chi connectivity index (χ2n) is 4.54. The Kier molecular flexibility index (Phi) is 4.14. The first-order chi connectivity index (χ1) is 9.24. The van der Waals surface area contributed by atoms with Crippen LogP contribution in [0.5, 0.6) is 0 Å². The maximum absolute atomic E-state index is 6.07.